The molecule has 124 valence electrons. The molecule has 2 saturated heterocycles. The Morgan fingerprint density at radius 2 is 2.09 bits per heavy atom. The number of piperidine rings is 1. The van der Waals surface area contributed by atoms with E-state index in [0.717, 1.165) is 32.5 Å². The second-order valence-electron chi connectivity index (χ2n) is 6.62. The van der Waals surface area contributed by atoms with Gasteiger partial charge in [0.2, 0.25) is 10.0 Å². The van der Waals surface area contributed by atoms with Gasteiger partial charge in [-0.3, -0.25) is 4.90 Å². The third-order valence-electron chi connectivity index (χ3n) is 4.85. The van der Waals surface area contributed by atoms with E-state index in [1.165, 1.54) is 11.9 Å². The van der Waals surface area contributed by atoms with E-state index >= 15 is 0 Å². The van der Waals surface area contributed by atoms with Gasteiger partial charge in [0, 0.05) is 36.9 Å². The van der Waals surface area contributed by atoms with Gasteiger partial charge in [0.05, 0.1) is 19.5 Å². The summed E-state index contributed by atoms with van der Waals surface area (Å²) in [4.78, 5) is 5.66. The third-order valence-corrected chi connectivity index (χ3v) is 6.10. The molecule has 0 amide bonds. The van der Waals surface area contributed by atoms with Crippen LogP contribution in [-0.4, -0.2) is 68.3 Å². The molecule has 1 spiro atoms. The fraction of sp³-hybridized carbons (Fsp3) is 0.733. The second-order valence-corrected chi connectivity index (χ2v) is 8.60. The summed E-state index contributed by atoms with van der Waals surface area (Å²) in [6.45, 7) is 5.16. The number of nitrogens with zero attached hydrogens (tertiary/aromatic N) is 2. The third kappa shape index (κ3) is 3.71. The average molecular weight is 327 g/mol. The summed E-state index contributed by atoms with van der Waals surface area (Å²) in [5, 5.41) is 0. The molecule has 2 aliphatic rings. The van der Waals surface area contributed by atoms with Gasteiger partial charge in [-0.1, -0.05) is 0 Å². The first kappa shape index (κ1) is 16.0. The monoisotopic (exact) mass is 327 g/mol. The van der Waals surface area contributed by atoms with Crippen molar-refractivity contribution < 1.29 is 13.2 Å². The van der Waals surface area contributed by atoms with E-state index in [1.807, 2.05) is 12.3 Å². The van der Waals surface area contributed by atoms with Gasteiger partial charge in [0.25, 0.3) is 0 Å². The van der Waals surface area contributed by atoms with Crippen molar-refractivity contribution in [1.82, 2.24) is 14.2 Å². The van der Waals surface area contributed by atoms with Crippen LogP contribution in [0.3, 0.4) is 0 Å². The first-order valence-electron chi connectivity index (χ1n) is 7.84. The second kappa shape index (κ2) is 6.31. The lowest BCUT2D eigenvalue weighted by atomic mass is 9.79. The topological polar surface area (TPSA) is 65.6 Å². The summed E-state index contributed by atoms with van der Waals surface area (Å²) >= 11 is 0. The predicted octanol–water partition coefficient (Wildman–Crippen LogP) is 0.889. The Balaban J connectivity index is 1.62. The molecule has 3 rings (SSSR count). The van der Waals surface area contributed by atoms with E-state index in [9.17, 15) is 8.42 Å². The maximum absolute atomic E-state index is 11.9. The maximum atomic E-state index is 11.9. The molecule has 7 heteroatoms. The summed E-state index contributed by atoms with van der Waals surface area (Å²) in [5.74, 6) is 0. The first-order valence-corrected chi connectivity index (χ1v) is 9.69. The minimum atomic E-state index is -3.14. The van der Waals surface area contributed by atoms with E-state index in [2.05, 4.69) is 16.0 Å². The lowest BCUT2D eigenvalue weighted by molar-refractivity contribution is 0.0164. The Kier molecular flexibility index (Phi) is 4.59. The molecular weight excluding hydrogens is 302 g/mol. The molecule has 2 aliphatic heterocycles. The highest BCUT2D eigenvalue weighted by atomic mass is 32.2. The van der Waals surface area contributed by atoms with Crippen molar-refractivity contribution in [3.8, 4) is 0 Å². The van der Waals surface area contributed by atoms with Gasteiger partial charge in [-0.05, 0) is 38.1 Å². The van der Waals surface area contributed by atoms with Gasteiger partial charge in [0.1, 0.15) is 0 Å². The molecule has 22 heavy (non-hydrogen) atoms. The number of rotatable bonds is 3. The molecule has 0 aromatic carbocycles. The largest absolute Gasteiger partial charge is 0.379 e. The maximum Gasteiger partial charge on any atom is 0.211 e. The number of aromatic amines is 1. The molecule has 0 saturated carbocycles. The highest BCUT2D eigenvalue weighted by Crippen LogP contribution is 2.35. The van der Waals surface area contributed by atoms with Crippen molar-refractivity contribution in [3.05, 3.63) is 24.0 Å². The molecule has 1 N–H and O–H groups in total. The molecule has 0 bridgehead atoms. The molecule has 0 radical (unpaired) electrons. The number of sulfonamides is 1. The van der Waals surface area contributed by atoms with Crippen LogP contribution in [0.1, 0.15) is 18.5 Å². The summed E-state index contributed by atoms with van der Waals surface area (Å²) in [6, 6.07) is 4.12. The number of hydrogen-bond donors (Lipinski definition) is 1. The van der Waals surface area contributed by atoms with Crippen molar-refractivity contribution >= 4 is 10.0 Å². The molecule has 3 heterocycles. The van der Waals surface area contributed by atoms with Crippen LogP contribution in [-0.2, 0) is 21.3 Å². The number of likely N-dealkylation sites (tertiary alicyclic amines) is 1. The van der Waals surface area contributed by atoms with Crippen molar-refractivity contribution in [2.45, 2.75) is 19.4 Å². The van der Waals surface area contributed by atoms with Crippen LogP contribution in [0.4, 0.5) is 0 Å². The van der Waals surface area contributed by atoms with Crippen molar-refractivity contribution in [2.75, 3.05) is 45.6 Å². The summed E-state index contributed by atoms with van der Waals surface area (Å²) in [5.41, 5.74) is 1.21. The van der Waals surface area contributed by atoms with Crippen LogP contribution in [0.5, 0.6) is 0 Å². The van der Waals surface area contributed by atoms with Gasteiger partial charge < -0.3 is 9.72 Å². The van der Waals surface area contributed by atoms with Crippen LogP contribution >= 0.6 is 0 Å². The molecule has 1 aromatic rings. The summed E-state index contributed by atoms with van der Waals surface area (Å²) < 4.78 is 31.1. The Labute approximate surface area is 132 Å². The molecular formula is C15H25N3O3S. The van der Waals surface area contributed by atoms with Gasteiger partial charge in [-0.2, -0.15) is 4.31 Å². The van der Waals surface area contributed by atoms with E-state index in [4.69, 9.17) is 4.74 Å². The number of nitrogens with one attached hydrogen (secondary N) is 1. The zero-order chi connectivity index (χ0) is 15.6. The minimum Gasteiger partial charge on any atom is -0.379 e. The molecule has 0 atom stereocenters. The SMILES string of the molecule is CS(=O)(=O)N1CCOCC2(CCN(Cc3ccc[nH]3)CC2)C1. The minimum absolute atomic E-state index is 0.0220. The van der Waals surface area contributed by atoms with Crippen LogP contribution in [0.2, 0.25) is 0 Å². The molecule has 6 nitrogen and oxygen atoms in total. The predicted molar refractivity (Wildman–Crippen MR) is 85.0 cm³/mol. The Morgan fingerprint density at radius 3 is 2.73 bits per heavy atom. The molecule has 0 unspecified atom stereocenters. The lowest BCUT2D eigenvalue weighted by Crippen LogP contribution is -2.48. The molecule has 0 aliphatic carbocycles. The van der Waals surface area contributed by atoms with Gasteiger partial charge in [-0.25, -0.2) is 8.42 Å². The Morgan fingerprint density at radius 1 is 1.32 bits per heavy atom. The van der Waals surface area contributed by atoms with E-state index in [-0.39, 0.29) is 5.41 Å². The quantitative estimate of drug-likeness (QED) is 0.895. The van der Waals surface area contributed by atoms with Crippen molar-refractivity contribution in [3.63, 3.8) is 0 Å². The van der Waals surface area contributed by atoms with Crippen molar-refractivity contribution in [1.29, 1.82) is 0 Å². The highest BCUT2D eigenvalue weighted by Gasteiger charge is 2.40. The van der Waals surface area contributed by atoms with Crippen LogP contribution in [0, 0.1) is 5.41 Å². The van der Waals surface area contributed by atoms with E-state index < -0.39 is 10.0 Å². The number of hydrogen-bond acceptors (Lipinski definition) is 4. The van der Waals surface area contributed by atoms with Gasteiger partial charge >= 0.3 is 0 Å². The van der Waals surface area contributed by atoms with Crippen LogP contribution < -0.4 is 0 Å². The highest BCUT2D eigenvalue weighted by molar-refractivity contribution is 7.88. The van der Waals surface area contributed by atoms with E-state index in [1.54, 1.807) is 4.31 Å². The van der Waals surface area contributed by atoms with Gasteiger partial charge in [0.15, 0.2) is 0 Å². The van der Waals surface area contributed by atoms with E-state index in [0.29, 0.717) is 26.3 Å². The Bertz CT molecular complexity index is 577. The normalized spacial score (nSPS) is 24.4. The molecule has 2 fully saturated rings. The molecule has 1 aromatic heterocycles. The van der Waals surface area contributed by atoms with Crippen LogP contribution in [0.25, 0.3) is 0 Å². The lowest BCUT2D eigenvalue weighted by Gasteiger charge is -2.42. The van der Waals surface area contributed by atoms with Crippen LogP contribution in [0.15, 0.2) is 18.3 Å². The number of H-pyrrole nitrogens is 1. The standard InChI is InChI=1S/C15H25N3O3S/c1-22(19,20)18-9-10-21-13-15(12-18)4-7-17(8-5-15)11-14-3-2-6-16-14/h2-3,6,16H,4-5,7-13H2,1H3. The van der Waals surface area contributed by atoms with Crippen molar-refractivity contribution in [2.24, 2.45) is 5.41 Å². The fourth-order valence-corrected chi connectivity index (χ4v) is 4.35. The Hall–Kier alpha value is -0.890. The number of aromatic nitrogens is 1. The fourth-order valence-electron chi connectivity index (χ4n) is 3.43. The summed E-state index contributed by atoms with van der Waals surface area (Å²) in [7, 11) is -3.14. The number of ether oxygens (including phenoxy) is 1. The first-order chi connectivity index (χ1) is 10.5. The smallest absolute Gasteiger partial charge is 0.211 e. The van der Waals surface area contributed by atoms with Gasteiger partial charge in [-0.15, -0.1) is 0 Å². The zero-order valence-electron chi connectivity index (χ0n) is 13.1. The zero-order valence-corrected chi connectivity index (χ0v) is 13.9. The summed E-state index contributed by atoms with van der Waals surface area (Å²) in [6.07, 6.45) is 5.22. The average Bonchev–Trinajstić information content (AvgIpc) is 2.88.